The molecule has 0 saturated carbocycles. The van der Waals surface area contributed by atoms with Crippen LogP contribution in [0.5, 0.6) is 0 Å². The van der Waals surface area contributed by atoms with Crippen molar-refractivity contribution in [1.29, 1.82) is 0 Å². The van der Waals surface area contributed by atoms with Gasteiger partial charge in [-0.25, -0.2) is 4.98 Å². The Morgan fingerprint density at radius 2 is 1.88 bits per heavy atom. The van der Waals surface area contributed by atoms with Gasteiger partial charge in [0.1, 0.15) is 5.82 Å². The smallest absolute Gasteiger partial charge is 0.257 e. The molecular formula is C21H20ClN3O. The number of amides is 1. The first kappa shape index (κ1) is 18.0. The molecule has 0 unspecified atom stereocenters. The standard InChI is InChI=1S/C21H20ClN3O/c1-15-7-9-18(22)13-19(15)25-21(26)17-8-10-20(24-14-17)23-12-11-16-5-3-2-4-6-16/h2-10,13-14H,11-12H2,1H3,(H,23,24)(H,25,26). The highest BCUT2D eigenvalue weighted by Gasteiger charge is 2.09. The molecule has 132 valence electrons. The van der Waals surface area contributed by atoms with Crippen LogP contribution < -0.4 is 10.6 Å². The number of pyridine rings is 1. The lowest BCUT2D eigenvalue weighted by Gasteiger charge is -2.10. The van der Waals surface area contributed by atoms with Gasteiger partial charge in [-0.15, -0.1) is 0 Å². The van der Waals surface area contributed by atoms with E-state index in [2.05, 4.69) is 27.8 Å². The van der Waals surface area contributed by atoms with Gasteiger partial charge >= 0.3 is 0 Å². The van der Waals surface area contributed by atoms with E-state index in [1.165, 1.54) is 5.56 Å². The lowest BCUT2D eigenvalue weighted by Crippen LogP contribution is -2.13. The third-order valence-corrected chi connectivity index (χ3v) is 4.27. The summed E-state index contributed by atoms with van der Waals surface area (Å²) in [5.41, 5.74) is 3.42. The van der Waals surface area contributed by atoms with Crippen LogP contribution in [0.4, 0.5) is 11.5 Å². The maximum Gasteiger partial charge on any atom is 0.257 e. The summed E-state index contributed by atoms with van der Waals surface area (Å²) in [6, 6.07) is 19.2. The second-order valence-corrected chi connectivity index (χ2v) is 6.44. The fourth-order valence-electron chi connectivity index (χ4n) is 2.54. The van der Waals surface area contributed by atoms with Crippen LogP contribution in [0.2, 0.25) is 5.02 Å². The number of hydrogen-bond donors (Lipinski definition) is 2. The van der Waals surface area contributed by atoms with Crippen LogP contribution in [0.25, 0.3) is 0 Å². The van der Waals surface area contributed by atoms with Crippen molar-refractivity contribution in [3.05, 3.63) is 88.6 Å². The molecule has 0 saturated heterocycles. The second kappa shape index (κ2) is 8.50. The normalized spacial score (nSPS) is 10.4. The molecule has 0 aliphatic heterocycles. The number of carbonyl (C=O) groups is 1. The minimum absolute atomic E-state index is 0.210. The predicted octanol–water partition coefficient (Wildman–Crippen LogP) is 4.95. The summed E-state index contributed by atoms with van der Waals surface area (Å²) in [4.78, 5) is 16.7. The lowest BCUT2D eigenvalue weighted by molar-refractivity contribution is 0.102. The summed E-state index contributed by atoms with van der Waals surface area (Å²) in [5, 5.41) is 6.72. The number of nitrogens with one attached hydrogen (secondary N) is 2. The van der Waals surface area contributed by atoms with Gasteiger partial charge in [0.25, 0.3) is 5.91 Å². The van der Waals surface area contributed by atoms with Gasteiger partial charge in [0.15, 0.2) is 0 Å². The van der Waals surface area contributed by atoms with Crippen LogP contribution in [0.15, 0.2) is 66.9 Å². The maximum absolute atomic E-state index is 12.4. The fourth-order valence-corrected chi connectivity index (χ4v) is 2.71. The summed E-state index contributed by atoms with van der Waals surface area (Å²) >= 11 is 5.99. The van der Waals surface area contributed by atoms with Crippen molar-refractivity contribution < 1.29 is 4.79 Å². The van der Waals surface area contributed by atoms with Crippen molar-refractivity contribution in [2.75, 3.05) is 17.2 Å². The average molecular weight is 366 g/mol. The number of halogens is 1. The molecule has 26 heavy (non-hydrogen) atoms. The SMILES string of the molecule is Cc1ccc(Cl)cc1NC(=O)c1ccc(NCCc2ccccc2)nc1. The molecule has 2 aromatic carbocycles. The van der Waals surface area contributed by atoms with E-state index in [1.807, 2.05) is 37.3 Å². The molecule has 0 radical (unpaired) electrons. The van der Waals surface area contributed by atoms with Crippen molar-refractivity contribution >= 4 is 29.0 Å². The van der Waals surface area contributed by atoms with E-state index >= 15 is 0 Å². The lowest BCUT2D eigenvalue weighted by atomic mass is 10.1. The van der Waals surface area contributed by atoms with Gasteiger partial charge in [0.2, 0.25) is 0 Å². The van der Waals surface area contributed by atoms with Gasteiger partial charge < -0.3 is 10.6 Å². The summed E-state index contributed by atoms with van der Waals surface area (Å²) in [6.45, 7) is 2.70. The van der Waals surface area contributed by atoms with Crippen LogP contribution in [0.3, 0.4) is 0 Å². The van der Waals surface area contributed by atoms with Gasteiger partial charge in [-0.2, -0.15) is 0 Å². The topological polar surface area (TPSA) is 54.0 Å². The van der Waals surface area contributed by atoms with Gasteiger partial charge in [-0.1, -0.05) is 48.0 Å². The number of benzene rings is 2. The zero-order chi connectivity index (χ0) is 18.4. The molecule has 0 spiro atoms. The summed E-state index contributed by atoms with van der Waals surface area (Å²) in [5.74, 6) is 0.537. The largest absolute Gasteiger partial charge is 0.370 e. The first-order valence-electron chi connectivity index (χ1n) is 8.43. The number of carbonyl (C=O) groups excluding carboxylic acids is 1. The predicted molar refractivity (Wildman–Crippen MR) is 107 cm³/mol. The molecule has 0 aliphatic rings. The van der Waals surface area contributed by atoms with E-state index < -0.39 is 0 Å². The fraction of sp³-hybridized carbons (Fsp3) is 0.143. The minimum Gasteiger partial charge on any atom is -0.370 e. The van der Waals surface area contributed by atoms with E-state index in [9.17, 15) is 4.79 Å². The summed E-state index contributed by atoms with van der Waals surface area (Å²) in [6.07, 6.45) is 2.48. The third kappa shape index (κ3) is 4.83. The van der Waals surface area contributed by atoms with Crippen LogP contribution in [0, 0.1) is 6.92 Å². The Morgan fingerprint density at radius 3 is 2.62 bits per heavy atom. The molecule has 0 bridgehead atoms. The first-order chi connectivity index (χ1) is 12.6. The molecule has 2 N–H and O–H groups in total. The van der Waals surface area contributed by atoms with E-state index in [1.54, 1.807) is 24.4 Å². The van der Waals surface area contributed by atoms with Crippen molar-refractivity contribution in [1.82, 2.24) is 4.98 Å². The van der Waals surface area contributed by atoms with Crippen LogP contribution >= 0.6 is 11.6 Å². The molecule has 1 amide bonds. The second-order valence-electron chi connectivity index (χ2n) is 6.01. The number of nitrogens with zero attached hydrogens (tertiary/aromatic N) is 1. The zero-order valence-electron chi connectivity index (χ0n) is 14.5. The van der Waals surface area contributed by atoms with Crippen LogP contribution in [-0.4, -0.2) is 17.4 Å². The van der Waals surface area contributed by atoms with Crippen molar-refractivity contribution in [2.24, 2.45) is 0 Å². The molecule has 1 aromatic heterocycles. The maximum atomic E-state index is 12.4. The highest BCUT2D eigenvalue weighted by atomic mass is 35.5. The number of aromatic nitrogens is 1. The van der Waals surface area contributed by atoms with E-state index in [0.717, 1.165) is 24.3 Å². The zero-order valence-corrected chi connectivity index (χ0v) is 15.3. The molecular weight excluding hydrogens is 346 g/mol. The highest BCUT2D eigenvalue weighted by Crippen LogP contribution is 2.21. The monoisotopic (exact) mass is 365 g/mol. The van der Waals surface area contributed by atoms with E-state index in [-0.39, 0.29) is 5.91 Å². The Kier molecular flexibility index (Phi) is 5.87. The van der Waals surface area contributed by atoms with Crippen molar-refractivity contribution in [2.45, 2.75) is 13.3 Å². The molecule has 0 fully saturated rings. The van der Waals surface area contributed by atoms with Gasteiger partial charge in [0.05, 0.1) is 5.56 Å². The Hall–Kier alpha value is -2.85. The molecule has 0 aliphatic carbocycles. The Labute approximate surface area is 158 Å². The molecule has 0 atom stereocenters. The third-order valence-electron chi connectivity index (χ3n) is 4.04. The Balaban J connectivity index is 1.56. The number of anilines is 2. The number of hydrogen-bond acceptors (Lipinski definition) is 3. The van der Waals surface area contributed by atoms with Gasteiger partial charge in [0, 0.05) is 23.5 Å². The quantitative estimate of drug-likeness (QED) is 0.649. The molecule has 5 heteroatoms. The average Bonchev–Trinajstić information content (AvgIpc) is 2.66. The molecule has 4 nitrogen and oxygen atoms in total. The molecule has 3 rings (SSSR count). The minimum atomic E-state index is -0.210. The van der Waals surface area contributed by atoms with E-state index in [0.29, 0.717) is 16.3 Å². The highest BCUT2D eigenvalue weighted by molar-refractivity contribution is 6.31. The molecule has 1 heterocycles. The summed E-state index contributed by atoms with van der Waals surface area (Å²) in [7, 11) is 0. The number of aryl methyl sites for hydroxylation is 1. The first-order valence-corrected chi connectivity index (χ1v) is 8.81. The number of rotatable bonds is 6. The van der Waals surface area contributed by atoms with Crippen molar-refractivity contribution in [3.63, 3.8) is 0 Å². The van der Waals surface area contributed by atoms with Crippen molar-refractivity contribution in [3.8, 4) is 0 Å². The van der Waals surface area contributed by atoms with Gasteiger partial charge in [-0.05, 0) is 48.7 Å². The molecule has 3 aromatic rings. The van der Waals surface area contributed by atoms with E-state index in [4.69, 9.17) is 11.6 Å². The van der Waals surface area contributed by atoms with Crippen LogP contribution in [-0.2, 0) is 6.42 Å². The van der Waals surface area contributed by atoms with Gasteiger partial charge in [-0.3, -0.25) is 4.79 Å². The Bertz CT molecular complexity index is 880. The Morgan fingerprint density at radius 1 is 1.08 bits per heavy atom. The summed E-state index contributed by atoms with van der Waals surface area (Å²) < 4.78 is 0. The van der Waals surface area contributed by atoms with Crippen LogP contribution in [0.1, 0.15) is 21.5 Å².